The van der Waals surface area contributed by atoms with Crippen molar-refractivity contribution in [3.63, 3.8) is 0 Å². The highest BCUT2D eigenvalue weighted by molar-refractivity contribution is 9.10. The van der Waals surface area contributed by atoms with Crippen LogP contribution in [0, 0.1) is 10.1 Å². The Hall–Kier alpha value is -2.48. The maximum absolute atomic E-state index is 12.0. The Kier molecular flexibility index (Phi) is 4.49. The normalized spacial score (nSPS) is 10.1. The van der Waals surface area contributed by atoms with Gasteiger partial charge in [0.2, 0.25) is 0 Å². The van der Waals surface area contributed by atoms with E-state index in [9.17, 15) is 14.9 Å². The zero-order chi connectivity index (χ0) is 15.4. The van der Waals surface area contributed by atoms with Gasteiger partial charge in [-0.2, -0.15) is 0 Å². The number of carbonyl (C=O) groups excluding carboxylic acids is 1. The Morgan fingerprint density at radius 3 is 2.67 bits per heavy atom. The minimum Gasteiger partial charge on any atom is -0.383 e. The number of aromatic nitrogens is 1. The first kappa shape index (κ1) is 14.9. The molecule has 0 saturated carbocycles. The molecule has 3 N–H and O–H groups in total. The van der Waals surface area contributed by atoms with Gasteiger partial charge in [-0.05, 0) is 17.7 Å². The molecule has 0 unspecified atom stereocenters. The molecule has 0 aliphatic rings. The number of carbonyl (C=O) groups is 1. The molecule has 1 amide bonds. The Morgan fingerprint density at radius 1 is 1.38 bits per heavy atom. The SMILES string of the molecule is Nc1ncc([N+](=O)[O-])cc1C(=O)NCc1ccc(Br)cc1. The number of anilines is 1. The van der Waals surface area contributed by atoms with Gasteiger partial charge in [-0.15, -0.1) is 0 Å². The molecule has 1 aromatic heterocycles. The van der Waals surface area contributed by atoms with Crippen LogP contribution in [0.1, 0.15) is 15.9 Å². The van der Waals surface area contributed by atoms with Crippen molar-refractivity contribution >= 4 is 33.3 Å². The van der Waals surface area contributed by atoms with Crippen LogP contribution < -0.4 is 11.1 Å². The van der Waals surface area contributed by atoms with Crippen molar-refractivity contribution in [3.05, 3.63) is 62.2 Å². The predicted molar refractivity (Wildman–Crippen MR) is 80.6 cm³/mol. The summed E-state index contributed by atoms with van der Waals surface area (Å²) in [7, 11) is 0. The van der Waals surface area contributed by atoms with Crippen LogP contribution in [-0.2, 0) is 6.54 Å². The van der Waals surface area contributed by atoms with Gasteiger partial charge in [0.25, 0.3) is 11.6 Å². The highest BCUT2D eigenvalue weighted by Gasteiger charge is 2.16. The molecule has 0 atom stereocenters. The summed E-state index contributed by atoms with van der Waals surface area (Å²) in [5.41, 5.74) is 6.18. The molecule has 0 saturated heterocycles. The largest absolute Gasteiger partial charge is 0.383 e. The van der Waals surface area contributed by atoms with Crippen LogP contribution in [-0.4, -0.2) is 15.8 Å². The van der Waals surface area contributed by atoms with Gasteiger partial charge in [-0.25, -0.2) is 4.98 Å². The van der Waals surface area contributed by atoms with Gasteiger partial charge in [0.15, 0.2) is 0 Å². The lowest BCUT2D eigenvalue weighted by molar-refractivity contribution is -0.385. The fourth-order valence-corrected chi connectivity index (χ4v) is 1.89. The van der Waals surface area contributed by atoms with Crippen molar-refractivity contribution in [1.82, 2.24) is 10.3 Å². The Balaban J connectivity index is 2.11. The maximum Gasteiger partial charge on any atom is 0.288 e. The van der Waals surface area contributed by atoms with E-state index >= 15 is 0 Å². The number of rotatable bonds is 4. The molecule has 0 spiro atoms. The number of halogens is 1. The maximum atomic E-state index is 12.0. The Labute approximate surface area is 128 Å². The summed E-state index contributed by atoms with van der Waals surface area (Å²) in [5, 5.41) is 13.3. The topological polar surface area (TPSA) is 111 Å². The van der Waals surface area contributed by atoms with Crippen LogP contribution in [0.2, 0.25) is 0 Å². The van der Waals surface area contributed by atoms with Gasteiger partial charge < -0.3 is 11.1 Å². The molecule has 1 heterocycles. The first-order valence-corrected chi connectivity index (χ1v) is 6.69. The van der Waals surface area contributed by atoms with Crippen LogP contribution in [0.25, 0.3) is 0 Å². The molecular weight excluding hydrogens is 340 g/mol. The summed E-state index contributed by atoms with van der Waals surface area (Å²) >= 11 is 3.32. The van der Waals surface area contributed by atoms with E-state index < -0.39 is 10.8 Å². The van der Waals surface area contributed by atoms with Gasteiger partial charge in [0, 0.05) is 17.1 Å². The van der Waals surface area contributed by atoms with Gasteiger partial charge in [0.1, 0.15) is 12.0 Å². The molecule has 1 aromatic carbocycles. The summed E-state index contributed by atoms with van der Waals surface area (Å²) in [6, 6.07) is 8.51. The van der Waals surface area contributed by atoms with E-state index in [0.717, 1.165) is 22.3 Å². The summed E-state index contributed by atoms with van der Waals surface area (Å²) in [5.74, 6) is -0.555. The number of benzene rings is 1. The van der Waals surface area contributed by atoms with Crippen LogP contribution >= 0.6 is 15.9 Å². The highest BCUT2D eigenvalue weighted by atomic mass is 79.9. The molecule has 8 heteroatoms. The van der Waals surface area contributed by atoms with Crippen molar-refractivity contribution in [2.45, 2.75) is 6.54 Å². The molecule has 108 valence electrons. The summed E-state index contributed by atoms with van der Waals surface area (Å²) < 4.78 is 0.935. The zero-order valence-electron chi connectivity index (χ0n) is 10.7. The number of pyridine rings is 1. The minimum atomic E-state index is -0.627. The lowest BCUT2D eigenvalue weighted by atomic mass is 10.2. The fraction of sp³-hybridized carbons (Fsp3) is 0.0769. The standard InChI is InChI=1S/C13H11BrN4O3/c14-9-3-1-8(2-4-9)6-17-13(19)11-5-10(18(20)21)7-16-12(11)15/h1-5,7H,6H2,(H2,15,16)(H,17,19). The second kappa shape index (κ2) is 6.31. The molecule has 0 bridgehead atoms. The van der Waals surface area contributed by atoms with Crippen LogP contribution in [0.15, 0.2) is 41.0 Å². The average molecular weight is 351 g/mol. The third-order valence-corrected chi connectivity index (χ3v) is 3.25. The number of hydrogen-bond acceptors (Lipinski definition) is 5. The molecule has 21 heavy (non-hydrogen) atoms. The first-order chi connectivity index (χ1) is 9.97. The summed E-state index contributed by atoms with van der Waals surface area (Å²) in [6.45, 7) is 0.286. The van der Waals surface area contributed by atoms with Crippen molar-refractivity contribution in [2.24, 2.45) is 0 Å². The third-order valence-electron chi connectivity index (χ3n) is 2.73. The number of amides is 1. The number of nitrogen functional groups attached to an aromatic ring is 1. The van der Waals surface area contributed by atoms with Gasteiger partial charge in [0.05, 0.1) is 10.5 Å². The quantitative estimate of drug-likeness (QED) is 0.648. The lowest BCUT2D eigenvalue weighted by Gasteiger charge is -2.07. The van der Waals surface area contributed by atoms with E-state index in [0.29, 0.717) is 0 Å². The molecular formula is C13H11BrN4O3. The van der Waals surface area contributed by atoms with Gasteiger partial charge in [-0.1, -0.05) is 28.1 Å². The second-order valence-electron chi connectivity index (χ2n) is 4.19. The molecule has 0 fully saturated rings. The second-order valence-corrected chi connectivity index (χ2v) is 5.11. The van der Waals surface area contributed by atoms with Crippen LogP contribution in [0.4, 0.5) is 11.5 Å². The van der Waals surface area contributed by atoms with E-state index in [2.05, 4.69) is 26.2 Å². The zero-order valence-corrected chi connectivity index (χ0v) is 12.3. The molecule has 7 nitrogen and oxygen atoms in total. The number of nitrogens with zero attached hydrogens (tertiary/aromatic N) is 2. The third kappa shape index (κ3) is 3.76. The molecule has 0 aliphatic carbocycles. The Bertz CT molecular complexity index is 688. The monoisotopic (exact) mass is 350 g/mol. The fourth-order valence-electron chi connectivity index (χ4n) is 1.63. The van der Waals surface area contributed by atoms with Crippen molar-refractivity contribution in [1.29, 1.82) is 0 Å². The van der Waals surface area contributed by atoms with Gasteiger partial charge in [-0.3, -0.25) is 14.9 Å². The minimum absolute atomic E-state index is 0.0127. The van der Waals surface area contributed by atoms with Crippen molar-refractivity contribution < 1.29 is 9.72 Å². The average Bonchev–Trinajstić information content (AvgIpc) is 2.46. The number of hydrogen-bond donors (Lipinski definition) is 2. The Morgan fingerprint density at radius 2 is 2.05 bits per heavy atom. The number of nitro groups is 1. The van der Waals surface area contributed by atoms with Gasteiger partial charge >= 0.3 is 0 Å². The number of nitrogens with two attached hydrogens (primary N) is 1. The van der Waals surface area contributed by atoms with Crippen LogP contribution in [0.3, 0.4) is 0 Å². The van der Waals surface area contributed by atoms with Crippen LogP contribution in [0.5, 0.6) is 0 Å². The molecule has 2 rings (SSSR count). The highest BCUT2D eigenvalue weighted by Crippen LogP contribution is 2.17. The van der Waals surface area contributed by atoms with E-state index in [1.165, 1.54) is 0 Å². The smallest absolute Gasteiger partial charge is 0.288 e. The number of nitrogens with one attached hydrogen (secondary N) is 1. The first-order valence-electron chi connectivity index (χ1n) is 5.90. The lowest BCUT2D eigenvalue weighted by Crippen LogP contribution is -2.24. The molecule has 2 aromatic rings. The molecule has 0 aliphatic heterocycles. The van der Waals surface area contributed by atoms with E-state index in [4.69, 9.17) is 5.73 Å². The summed E-state index contributed by atoms with van der Waals surface area (Å²) in [4.78, 5) is 25.7. The van der Waals surface area contributed by atoms with Crippen molar-refractivity contribution in [3.8, 4) is 0 Å². The van der Waals surface area contributed by atoms with E-state index in [-0.39, 0.29) is 23.6 Å². The molecule has 0 radical (unpaired) electrons. The predicted octanol–water partition coefficient (Wildman–Crippen LogP) is 2.26. The van der Waals surface area contributed by atoms with Crippen molar-refractivity contribution in [2.75, 3.05) is 5.73 Å². The van der Waals surface area contributed by atoms with E-state index in [1.807, 2.05) is 24.3 Å². The van der Waals surface area contributed by atoms with E-state index in [1.54, 1.807) is 0 Å². The summed E-state index contributed by atoms with van der Waals surface area (Å²) in [6.07, 6.45) is 1.01.